The molecule has 1 amide bonds. The van der Waals surface area contributed by atoms with E-state index in [2.05, 4.69) is 4.72 Å². The van der Waals surface area contributed by atoms with E-state index in [4.69, 9.17) is 0 Å². The Morgan fingerprint density at radius 1 is 1.00 bits per heavy atom. The summed E-state index contributed by atoms with van der Waals surface area (Å²) in [7, 11) is -3.84. The standard InChI is InChI=1S/C26H26N2O4S/c1-18-4-3-5-22(16-18)27-33(31,32)24-11-6-19(2)25(17-24)26(30)28-14-12-21(13-15-28)20-7-9-23(29)10-8-20/h3-12,16-17,27,29H,13-15H2,1-2H3. The van der Waals surface area contributed by atoms with Gasteiger partial charge in [-0.1, -0.05) is 36.4 Å². The molecule has 0 saturated heterocycles. The second kappa shape index (κ2) is 9.11. The van der Waals surface area contributed by atoms with E-state index in [1.54, 1.807) is 48.2 Å². The van der Waals surface area contributed by atoms with Gasteiger partial charge < -0.3 is 10.0 Å². The average Bonchev–Trinajstić information content (AvgIpc) is 2.79. The number of anilines is 1. The number of phenolic OH excluding ortho intramolecular Hbond substituents is 1. The van der Waals surface area contributed by atoms with E-state index in [1.807, 2.05) is 31.2 Å². The van der Waals surface area contributed by atoms with Crippen LogP contribution in [-0.2, 0) is 10.0 Å². The van der Waals surface area contributed by atoms with Crippen molar-refractivity contribution in [1.82, 2.24) is 4.90 Å². The number of aryl methyl sites for hydroxylation is 2. The highest BCUT2D eigenvalue weighted by Gasteiger charge is 2.23. The monoisotopic (exact) mass is 462 g/mol. The minimum Gasteiger partial charge on any atom is -0.508 e. The molecule has 0 unspecified atom stereocenters. The lowest BCUT2D eigenvalue weighted by Gasteiger charge is -2.27. The molecule has 1 aliphatic rings. The van der Waals surface area contributed by atoms with E-state index in [9.17, 15) is 18.3 Å². The zero-order valence-corrected chi connectivity index (χ0v) is 19.4. The molecule has 3 aromatic carbocycles. The molecule has 0 aliphatic carbocycles. The third-order valence-corrected chi connectivity index (χ3v) is 7.13. The number of aromatic hydroxyl groups is 1. The van der Waals surface area contributed by atoms with Crippen LogP contribution in [0.3, 0.4) is 0 Å². The number of rotatable bonds is 5. The molecular formula is C26H26N2O4S. The Morgan fingerprint density at radius 2 is 1.76 bits per heavy atom. The summed E-state index contributed by atoms with van der Waals surface area (Å²) in [6.45, 7) is 4.66. The Balaban J connectivity index is 1.54. The van der Waals surface area contributed by atoms with Crippen molar-refractivity contribution in [3.63, 3.8) is 0 Å². The zero-order chi connectivity index (χ0) is 23.6. The number of sulfonamides is 1. The Hall–Kier alpha value is -3.58. The molecule has 3 aromatic rings. The third kappa shape index (κ3) is 5.09. The van der Waals surface area contributed by atoms with Crippen molar-refractivity contribution in [3.8, 4) is 5.75 Å². The van der Waals surface area contributed by atoms with Gasteiger partial charge in [0.1, 0.15) is 5.75 Å². The number of carbonyl (C=O) groups excluding carboxylic acids is 1. The van der Waals surface area contributed by atoms with Gasteiger partial charge in [0.15, 0.2) is 0 Å². The van der Waals surface area contributed by atoms with E-state index < -0.39 is 10.0 Å². The van der Waals surface area contributed by atoms with Gasteiger partial charge in [0.05, 0.1) is 4.90 Å². The van der Waals surface area contributed by atoms with Gasteiger partial charge in [0.2, 0.25) is 0 Å². The van der Waals surface area contributed by atoms with Crippen LogP contribution in [0.5, 0.6) is 5.75 Å². The van der Waals surface area contributed by atoms with Gasteiger partial charge >= 0.3 is 0 Å². The summed E-state index contributed by atoms with van der Waals surface area (Å²) in [4.78, 5) is 15.0. The minimum absolute atomic E-state index is 0.0512. The topological polar surface area (TPSA) is 86.7 Å². The van der Waals surface area contributed by atoms with Gasteiger partial charge in [0.25, 0.3) is 15.9 Å². The van der Waals surface area contributed by atoms with Crippen molar-refractivity contribution in [2.24, 2.45) is 0 Å². The number of nitrogens with one attached hydrogen (secondary N) is 1. The molecule has 4 rings (SSSR count). The van der Waals surface area contributed by atoms with Gasteiger partial charge in [0, 0.05) is 24.3 Å². The van der Waals surface area contributed by atoms with E-state index >= 15 is 0 Å². The maximum absolute atomic E-state index is 13.2. The van der Waals surface area contributed by atoms with Crippen LogP contribution in [0.15, 0.2) is 77.7 Å². The molecule has 0 atom stereocenters. The molecule has 0 radical (unpaired) electrons. The van der Waals surface area contributed by atoms with Gasteiger partial charge in [-0.3, -0.25) is 9.52 Å². The maximum Gasteiger partial charge on any atom is 0.261 e. The largest absolute Gasteiger partial charge is 0.508 e. The van der Waals surface area contributed by atoms with Crippen LogP contribution >= 0.6 is 0 Å². The zero-order valence-electron chi connectivity index (χ0n) is 18.6. The van der Waals surface area contributed by atoms with Crippen LogP contribution in [0.4, 0.5) is 5.69 Å². The fourth-order valence-electron chi connectivity index (χ4n) is 3.88. The Kier molecular flexibility index (Phi) is 6.24. The van der Waals surface area contributed by atoms with Crippen LogP contribution in [0, 0.1) is 13.8 Å². The van der Waals surface area contributed by atoms with Gasteiger partial charge in [-0.25, -0.2) is 8.42 Å². The average molecular weight is 463 g/mol. The number of carbonyl (C=O) groups is 1. The molecule has 2 N–H and O–H groups in total. The quantitative estimate of drug-likeness (QED) is 0.573. The number of amides is 1. The first kappa shape index (κ1) is 22.6. The van der Waals surface area contributed by atoms with E-state index in [1.165, 1.54) is 12.1 Å². The van der Waals surface area contributed by atoms with Crippen molar-refractivity contribution in [2.75, 3.05) is 17.8 Å². The second-order valence-electron chi connectivity index (χ2n) is 8.23. The summed E-state index contributed by atoms with van der Waals surface area (Å²) in [5, 5.41) is 9.48. The molecule has 0 aromatic heterocycles. The molecule has 0 spiro atoms. The normalized spacial score (nSPS) is 14.0. The minimum atomic E-state index is -3.84. The number of phenols is 1. The lowest BCUT2D eigenvalue weighted by molar-refractivity contribution is 0.0772. The first-order valence-electron chi connectivity index (χ1n) is 10.7. The van der Waals surface area contributed by atoms with Crippen molar-refractivity contribution in [3.05, 3.63) is 95.1 Å². The van der Waals surface area contributed by atoms with Crippen molar-refractivity contribution in [2.45, 2.75) is 25.2 Å². The molecular weight excluding hydrogens is 436 g/mol. The summed E-state index contributed by atoms with van der Waals surface area (Å²) < 4.78 is 28.5. The van der Waals surface area contributed by atoms with E-state index in [0.717, 1.165) is 22.3 Å². The fourth-order valence-corrected chi connectivity index (χ4v) is 4.96. The van der Waals surface area contributed by atoms with Crippen molar-refractivity contribution < 1.29 is 18.3 Å². The predicted molar refractivity (Wildman–Crippen MR) is 130 cm³/mol. The highest BCUT2D eigenvalue weighted by Crippen LogP contribution is 2.26. The first-order chi connectivity index (χ1) is 15.7. The lowest BCUT2D eigenvalue weighted by atomic mass is 9.98. The van der Waals surface area contributed by atoms with Gasteiger partial charge in [-0.2, -0.15) is 0 Å². The molecule has 6 nitrogen and oxygen atoms in total. The van der Waals surface area contributed by atoms with Gasteiger partial charge in [-0.05, 0) is 78.9 Å². The highest BCUT2D eigenvalue weighted by atomic mass is 32.2. The maximum atomic E-state index is 13.2. The van der Waals surface area contributed by atoms with Crippen molar-refractivity contribution in [1.29, 1.82) is 0 Å². The Morgan fingerprint density at radius 3 is 2.42 bits per heavy atom. The number of hydrogen-bond donors (Lipinski definition) is 2. The molecule has 0 bridgehead atoms. The molecule has 33 heavy (non-hydrogen) atoms. The number of nitrogens with zero attached hydrogens (tertiary/aromatic N) is 1. The molecule has 0 fully saturated rings. The van der Waals surface area contributed by atoms with Crippen LogP contribution in [0.2, 0.25) is 0 Å². The molecule has 7 heteroatoms. The summed E-state index contributed by atoms with van der Waals surface area (Å²) in [6.07, 6.45) is 2.69. The van der Waals surface area contributed by atoms with Crippen LogP contribution < -0.4 is 4.72 Å². The van der Waals surface area contributed by atoms with E-state index in [-0.39, 0.29) is 16.6 Å². The molecule has 0 saturated carbocycles. The highest BCUT2D eigenvalue weighted by molar-refractivity contribution is 7.92. The van der Waals surface area contributed by atoms with Crippen LogP contribution in [0.1, 0.15) is 33.5 Å². The second-order valence-corrected chi connectivity index (χ2v) is 9.91. The summed E-state index contributed by atoms with van der Waals surface area (Å²) in [6, 6.07) is 18.8. The molecule has 170 valence electrons. The number of hydrogen-bond acceptors (Lipinski definition) is 4. The van der Waals surface area contributed by atoms with Gasteiger partial charge in [-0.15, -0.1) is 0 Å². The SMILES string of the molecule is Cc1cccc(NS(=O)(=O)c2ccc(C)c(C(=O)N3CC=C(c4ccc(O)cc4)CC3)c2)c1. The summed E-state index contributed by atoms with van der Waals surface area (Å²) >= 11 is 0. The fraction of sp³-hybridized carbons (Fsp3) is 0.192. The smallest absolute Gasteiger partial charge is 0.261 e. The summed E-state index contributed by atoms with van der Waals surface area (Å²) in [5.41, 5.74) is 4.67. The first-order valence-corrected chi connectivity index (χ1v) is 12.2. The molecule has 1 heterocycles. The van der Waals surface area contributed by atoms with E-state index in [0.29, 0.717) is 30.8 Å². The number of benzene rings is 3. The lowest BCUT2D eigenvalue weighted by Crippen LogP contribution is -2.35. The Bertz CT molecular complexity index is 1330. The predicted octanol–water partition coefficient (Wildman–Crippen LogP) is 4.74. The molecule has 1 aliphatic heterocycles. The van der Waals surface area contributed by atoms with Crippen LogP contribution in [-0.4, -0.2) is 37.4 Å². The summed E-state index contributed by atoms with van der Waals surface area (Å²) in [5.74, 6) is 0.0234. The van der Waals surface area contributed by atoms with Crippen molar-refractivity contribution >= 4 is 27.2 Å². The third-order valence-electron chi connectivity index (χ3n) is 5.75. The van der Waals surface area contributed by atoms with Crippen LogP contribution in [0.25, 0.3) is 5.57 Å². The Labute approximate surface area is 194 Å².